The molecule has 0 atom stereocenters. The summed E-state index contributed by atoms with van der Waals surface area (Å²) in [6.07, 6.45) is 23.5. The minimum Gasteiger partial charge on any atom is -0.507 e. The van der Waals surface area contributed by atoms with E-state index in [1.54, 1.807) is 47.4 Å². The van der Waals surface area contributed by atoms with Gasteiger partial charge in [-0.05, 0) is 200 Å². The van der Waals surface area contributed by atoms with Crippen LogP contribution in [0.25, 0.3) is 0 Å². The number of aromatic hydroxyl groups is 1. The van der Waals surface area contributed by atoms with Gasteiger partial charge in [0.05, 0.1) is 13.4 Å². The molecule has 1 N–H and O–H groups in total. The Morgan fingerprint density at radius 2 is 1.15 bits per heavy atom. The van der Waals surface area contributed by atoms with Crippen LogP contribution in [-0.4, -0.2) is 71.9 Å². The third-order valence-electron chi connectivity index (χ3n) is 9.85. The van der Waals surface area contributed by atoms with Crippen LogP contribution >= 0.6 is 142 Å². The van der Waals surface area contributed by atoms with Crippen molar-refractivity contribution in [1.29, 1.82) is 0 Å². The molecule has 0 aromatic heterocycles. The number of hydrogen-bond acceptors (Lipinski definition) is 9. The number of hydrogen-bond donors (Lipinski definition) is 1. The van der Waals surface area contributed by atoms with Crippen LogP contribution in [0.1, 0.15) is 85.0 Å². The first kappa shape index (κ1) is 70.8. The van der Waals surface area contributed by atoms with Crippen molar-refractivity contribution in [2.45, 2.75) is 89.0 Å². The number of carbonyl (C=O) groups is 3. The first-order chi connectivity index (χ1) is 34.0. The molecular weight excluding hydrogens is 1410 g/mol. The number of nitrogens with zero attached hydrogens (tertiary/aromatic N) is 2. The molecule has 0 radical (unpaired) electrons. The number of phenolic OH excluding ortho intramolecular Hbond substituents is 1. The van der Waals surface area contributed by atoms with E-state index in [2.05, 4.69) is 134 Å². The maximum atomic E-state index is 12.1. The van der Waals surface area contributed by atoms with Gasteiger partial charge in [-0.3, -0.25) is 4.79 Å². The highest BCUT2D eigenvalue weighted by Gasteiger charge is 2.24. The second-order valence-corrected chi connectivity index (χ2v) is 23.6. The maximum absolute atomic E-state index is 12.1. The molecule has 4 aromatic rings. The van der Waals surface area contributed by atoms with E-state index in [1.165, 1.54) is 50.6 Å². The van der Waals surface area contributed by atoms with E-state index in [0.717, 1.165) is 69.6 Å². The Balaban J connectivity index is 0.000000861. The number of piperidine rings is 1. The van der Waals surface area contributed by atoms with Gasteiger partial charge in [0, 0.05) is 90.9 Å². The Labute approximate surface area is 503 Å². The molecule has 4 aromatic carbocycles. The SMILES string of the molecule is C.C#CCC1CCCCC1.C#CCC1CCN(C(=O)Oc2ccc(Br)cc2Br)CC1.C1CCOC1.CC(=O)OC(Cl)(Cl)Cl.CN(C)c1ccccc1.O=C(Cl)Oc1ccc(Br)cc1Br.Oc1ccc(Br)cc1Br. The van der Waals surface area contributed by atoms with Gasteiger partial charge in [0.15, 0.2) is 0 Å². The summed E-state index contributed by atoms with van der Waals surface area (Å²) in [5.41, 5.74) is 0.399. The van der Waals surface area contributed by atoms with E-state index >= 15 is 0 Å². The highest BCUT2D eigenvalue weighted by Crippen LogP contribution is 2.31. The first-order valence-electron chi connectivity index (χ1n) is 22.4. The molecule has 10 nitrogen and oxygen atoms in total. The summed E-state index contributed by atoms with van der Waals surface area (Å²) >= 11 is 39.7. The molecule has 1 aliphatic carbocycles. The van der Waals surface area contributed by atoms with Crippen LogP contribution in [0.2, 0.25) is 0 Å². The quantitative estimate of drug-likeness (QED) is 0.0903. The van der Waals surface area contributed by atoms with Gasteiger partial charge in [-0.2, -0.15) is 0 Å². The molecule has 0 unspecified atom stereocenters. The smallest absolute Gasteiger partial charge is 0.415 e. The van der Waals surface area contributed by atoms with Crippen molar-refractivity contribution in [2.75, 3.05) is 45.3 Å². The summed E-state index contributed by atoms with van der Waals surface area (Å²) in [6, 6.07) is 26.0. The number of esters is 1. The fourth-order valence-electron chi connectivity index (χ4n) is 6.29. The highest BCUT2D eigenvalue weighted by atomic mass is 79.9. The lowest BCUT2D eigenvalue weighted by atomic mass is 9.87. The van der Waals surface area contributed by atoms with Gasteiger partial charge < -0.3 is 33.9 Å². The van der Waals surface area contributed by atoms with Crippen LogP contribution in [0.5, 0.6) is 17.2 Å². The Morgan fingerprint density at radius 1 is 0.699 bits per heavy atom. The van der Waals surface area contributed by atoms with Crippen LogP contribution in [0.15, 0.2) is 112 Å². The minimum atomic E-state index is -1.91. The third kappa shape index (κ3) is 35.7. The summed E-state index contributed by atoms with van der Waals surface area (Å²) < 4.78 is 22.1. The molecule has 73 heavy (non-hydrogen) atoms. The monoisotopic (exact) mass is 1470 g/mol. The third-order valence-corrected chi connectivity index (χ3v) is 13.5. The van der Waals surface area contributed by atoms with Gasteiger partial charge in [-0.1, -0.05) is 92.7 Å². The van der Waals surface area contributed by atoms with E-state index < -0.39 is 15.4 Å². The van der Waals surface area contributed by atoms with Crippen LogP contribution in [0.3, 0.4) is 0 Å². The summed E-state index contributed by atoms with van der Waals surface area (Å²) in [5, 5.41) is 8.98. The number of phenols is 1. The number of halogens is 10. The molecule has 1 amide bonds. The van der Waals surface area contributed by atoms with Gasteiger partial charge >= 0.3 is 21.5 Å². The summed E-state index contributed by atoms with van der Waals surface area (Å²) in [6.45, 7) is 4.57. The van der Waals surface area contributed by atoms with Gasteiger partial charge in [0.1, 0.15) is 17.2 Å². The summed E-state index contributed by atoms with van der Waals surface area (Å²) in [7, 11) is 4.07. The number of para-hydroxylation sites is 1. The standard InChI is InChI=1S/C15H15Br2NO2.C9H14.C8H11N.C7H3Br2ClO2.C6H4Br2O.C4H8O.C3H3Cl3O2.CH4/c1-2-3-11-6-8-18(9-7-11)15(19)20-14-5-4-12(16)10-13(14)17;1-2-6-9-7-4-3-5-8-9;1-9(2)8-6-4-3-5-7-8;8-4-1-2-6(5(9)3-4)12-7(10)11;7-4-1-2-6(9)5(8)3-4;1-2-4-5-3-1;1-2(7)8-3(4,5)6;/h1,4-5,10-11H,3,6-9H2;1,9H,3-8H2;3-7H,1-2H3;1-3H;1-3,9H;1-4H2;1H3;1H4. The topological polar surface area (TPSA) is 115 Å². The molecule has 2 aliphatic heterocycles. The molecule has 3 aliphatic rings. The lowest BCUT2D eigenvalue weighted by Crippen LogP contribution is -2.40. The normalized spacial score (nSPS) is 13.7. The summed E-state index contributed by atoms with van der Waals surface area (Å²) in [5.74, 6) is 7.40. The number of anilines is 1. The lowest BCUT2D eigenvalue weighted by molar-refractivity contribution is -0.141. The number of rotatable bonds is 5. The predicted molar refractivity (Wildman–Crippen MR) is 322 cm³/mol. The summed E-state index contributed by atoms with van der Waals surface area (Å²) in [4.78, 5) is 36.3. The molecule has 2 heterocycles. The maximum Gasteiger partial charge on any atom is 0.415 e. The number of likely N-dealkylation sites (tertiary alicyclic amines) is 1. The fourth-order valence-corrected chi connectivity index (χ4v) is 10.00. The number of alkyl halides is 3. The van der Waals surface area contributed by atoms with Crippen LogP contribution in [0.4, 0.5) is 15.3 Å². The van der Waals surface area contributed by atoms with Gasteiger partial charge in [0.25, 0.3) is 0 Å². The number of terminal acetylenes is 2. The van der Waals surface area contributed by atoms with Crippen molar-refractivity contribution in [3.63, 3.8) is 0 Å². The van der Waals surface area contributed by atoms with E-state index in [4.69, 9.17) is 73.8 Å². The average molecular weight is 1480 g/mol. The number of ether oxygens (including phenoxy) is 4. The van der Waals surface area contributed by atoms with Crippen molar-refractivity contribution in [2.24, 2.45) is 11.8 Å². The van der Waals surface area contributed by atoms with E-state index in [0.29, 0.717) is 39.5 Å². The second kappa shape index (κ2) is 41.0. The Hall–Kier alpha value is -2.19. The average Bonchev–Trinajstić information content (AvgIpc) is 3.92. The Morgan fingerprint density at radius 3 is 1.49 bits per heavy atom. The van der Waals surface area contributed by atoms with E-state index in [-0.39, 0.29) is 19.3 Å². The van der Waals surface area contributed by atoms with Crippen molar-refractivity contribution in [3.05, 3.63) is 112 Å². The fraction of sp³-hybridized carbons (Fsp3) is 0.415. The second-order valence-electron chi connectivity index (χ2n) is 15.8. The first-order valence-corrected chi connectivity index (χ1v) is 28.6. The minimum absolute atomic E-state index is 0. The molecule has 7 rings (SSSR count). The van der Waals surface area contributed by atoms with Gasteiger partial charge in [0.2, 0.25) is 0 Å². The van der Waals surface area contributed by atoms with Gasteiger partial charge in [-0.25, -0.2) is 9.59 Å². The molecule has 20 heteroatoms. The lowest BCUT2D eigenvalue weighted by Gasteiger charge is -2.30. The molecule has 402 valence electrons. The molecule has 0 bridgehead atoms. The van der Waals surface area contributed by atoms with Crippen molar-refractivity contribution >= 4 is 165 Å². The van der Waals surface area contributed by atoms with E-state index in [9.17, 15) is 14.4 Å². The molecule has 0 spiro atoms. The number of benzene rings is 4. The zero-order valence-corrected chi connectivity index (χ0v) is 52.5. The number of carbonyl (C=O) groups excluding carboxylic acids is 3. The van der Waals surface area contributed by atoms with Crippen LogP contribution in [-0.2, 0) is 14.3 Å². The molecule has 2 saturated heterocycles. The highest BCUT2D eigenvalue weighted by molar-refractivity contribution is 9.11. The largest absolute Gasteiger partial charge is 0.507 e. The zero-order chi connectivity index (χ0) is 54.1. The van der Waals surface area contributed by atoms with Crippen LogP contribution in [0, 0.1) is 36.5 Å². The Kier molecular flexibility index (Phi) is 39.8. The Bertz CT molecular complexity index is 2290. The number of amides is 1. The van der Waals surface area contributed by atoms with Crippen molar-refractivity contribution in [1.82, 2.24) is 4.90 Å². The van der Waals surface area contributed by atoms with Crippen molar-refractivity contribution < 1.29 is 38.4 Å². The van der Waals surface area contributed by atoms with E-state index in [1.807, 2.05) is 44.4 Å². The van der Waals surface area contributed by atoms with Gasteiger partial charge in [-0.15, -0.1) is 24.7 Å². The molecular formula is C53H62Br6Cl4N2O8. The van der Waals surface area contributed by atoms with Crippen LogP contribution < -0.4 is 14.4 Å². The predicted octanol–water partition coefficient (Wildman–Crippen LogP) is 19.0. The van der Waals surface area contributed by atoms with Crippen molar-refractivity contribution in [3.8, 4) is 41.9 Å². The zero-order valence-electron chi connectivity index (χ0n) is 40.0. The molecule has 3 fully saturated rings. The molecule has 1 saturated carbocycles.